The van der Waals surface area contributed by atoms with Crippen LogP contribution < -0.4 is 32.3 Å². The predicted molar refractivity (Wildman–Crippen MR) is 265 cm³/mol. The zero-order chi connectivity index (χ0) is 55.8. The van der Waals surface area contributed by atoms with Crippen LogP contribution in [-0.4, -0.2) is 195 Å². The molecule has 1 aromatic carbocycles. The van der Waals surface area contributed by atoms with Gasteiger partial charge in [0.2, 0.25) is 47.3 Å². The Kier molecular flexibility index (Phi) is 24.1. The van der Waals surface area contributed by atoms with E-state index in [1.807, 2.05) is 0 Å². The van der Waals surface area contributed by atoms with Crippen molar-refractivity contribution in [3.63, 3.8) is 0 Å². The molecule has 0 saturated carbocycles. The minimum Gasteiger partial charge on any atom is -0.508 e. The molecule has 16 atom stereocenters. The van der Waals surface area contributed by atoms with Gasteiger partial charge in [-0.2, -0.15) is 0 Å². The van der Waals surface area contributed by atoms with Gasteiger partial charge in [-0.3, -0.25) is 38.4 Å². The summed E-state index contributed by atoms with van der Waals surface area (Å²) < 4.78 is 0. The third-order valence-corrected chi connectivity index (χ3v) is 14.3. The summed E-state index contributed by atoms with van der Waals surface area (Å²) in [6.07, 6.45) is -10.0. The number of benzene rings is 1. The Morgan fingerprint density at radius 1 is 0.680 bits per heavy atom. The van der Waals surface area contributed by atoms with Crippen LogP contribution in [0.2, 0.25) is 0 Å². The van der Waals surface area contributed by atoms with Crippen LogP contribution in [0.1, 0.15) is 129 Å². The van der Waals surface area contributed by atoms with Crippen molar-refractivity contribution in [1.82, 2.24) is 36.4 Å². The van der Waals surface area contributed by atoms with Crippen molar-refractivity contribution in [1.29, 1.82) is 0 Å². The van der Waals surface area contributed by atoms with Gasteiger partial charge in [-0.25, -0.2) is 0 Å². The first kappa shape index (κ1) is 62.0. The molecule has 0 spiro atoms. The van der Waals surface area contributed by atoms with Crippen LogP contribution in [-0.2, 0) is 38.4 Å². The van der Waals surface area contributed by atoms with Gasteiger partial charge in [-0.15, -0.1) is 0 Å². The topological polar surface area (TPSA) is 411 Å². The SMILES string of the molecule is CCC(C)CC(C)CCCCCCCCC(=O)N[C@@H]1C[C@@H](O)[C@@H](O)NC(=O)[C@@H]2C[C@@H](O)CN2C(=O)[C@H]([C@H](O)CC(N)=O)NC(=O)[C@H]([C@H](O)[C@@H](O)c2ccc(O)cc2)NC(=O)[C@@H]2C[C@@H](O)CN2C(=O)[C@H]([C@@H](C)O)NC1=O. The molecule has 3 aliphatic rings. The fraction of sp³-hybridized carbons (Fsp3) is 0.720. The number of phenolic OH excluding ortho intramolecular Hbond substituents is 1. The molecular weight excluding hydrogens is 985 g/mol. The Hall–Kier alpha value is -5.54. The lowest BCUT2D eigenvalue weighted by atomic mass is 9.91. The Morgan fingerprint density at radius 3 is 1.76 bits per heavy atom. The molecule has 8 amide bonds. The summed E-state index contributed by atoms with van der Waals surface area (Å²) in [4.78, 5) is 112. The number of phenols is 1. The Bertz CT molecular complexity index is 2100. The minimum absolute atomic E-state index is 0.0751. The molecule has 16 N–H and O–H groups in total. The highest BCUT2D eigenvalue weighted by Crippen LogP contribution is 2.27. The van der Waals surface area contributed by atoms with E-state index in [0.29, 0.717) is 29.6 Å². The highest BCUT2D eigenvalue weighted by Gasteiger charge is 2.48. The number of nitrogens with zero attached hydrogens (tertiary/aromatic N) is 2. The highest BCUT2D eigenvalue weighted by atomic mass is 16.3. The van der Waals surface area contributed by atoms with E-state index in [4.69, 9.17) is 5.73 Å². The number of primary amides is 1. The molecule has 0 aromatic heterocycles. The van der Waals surface area contributed by atoms with E-state index in [-0.39, 0.29) is 17.7 Å². The Balaban J connectivity index is 1.69. The third kappa shape index (κ3) is 18.0. The van der Waals surface area contributed by atoms with Crippen molar-refractivity contribution in [3.8, 4) is 5.75 Å². The normalized spacial score (nSPS) is 29.0. The average molecular weight is 1070 g/mol. The molecule has 1 aromatic rings. The lowest BCUT2D eigenvalue weighted by Crippen LogP contribution is -2.64. The summed E-state index contributed by atoms with van der Waals surface area (Å²) in [5.41, 5.74) is 5.21. The second kappa shape index (κ2) is 29.1. The summed E-state index contributed by atoms with van der Waals surface area (Å²) in [6.45, 7) is 6.57. The Labute approximate surface area is 436 Å². The first-order chi connectivity index (χ1) is 35.3. The molecule has 0 bridgehead atoms. The van der Waals surface area contributed by atoms with Gasteiger partial charge in [0.05, 0.1) is 30.8 Å². The lowest BCUT2D eigenvalue weighted by molar-refractivity contribution is -0.148. The zero-order valence-electron chi connectivity index (χ0n) is 43.1. The number of aliphatic hydroxyl groups excluding tert-OH is 8. The predicted octanol–water partition coefficient (Wildman–Crippen LogP) is -3.34. The molecule has 75 heavy (non-hydrogen) atoms. The fourth-order valence-corrected chi connectivity index (χ4v) is 9.77. The molecule has 4 rings (SSSR count). The van der Waals surface area contributed by atoms with E-state index in [0.717, 1.165) is 74.6 Å². The number of nitrogens with two attached hydrogens (primary N) is 1. The molecule has 3 saturated heterocycles. The quantitative estimate of drug-likeness (QED) is 0.0568. The van der Waals surface area contributed by atoms with Gasteiger partial charge in [0, 0.05) is 38.8 Å². The van der Waals surface area contributed by atoms with E-state index >= 15 is 0 Å². The smallest absolute Gasteiger partial charge is 0.248 e. The van der Waals surface area contributed by atoms with Crippen LogP contribution in [0.5, 0.6) is 5.75 Å². The lowest BCUT2D eigenvalue weighted by Gasteiger charge is -2.34. The number of unbranched alkanes of at least 4 members (excludes halogenated alkanes) is 5. The first-order valence-electron chi connectivity index (χ1n) is 26.0. The monoisotopic (exact) mass is 1060 g/mol. The highest BCUT2D eigenvalue weighted by molar-refractivity contribution is 5.98. The molecular formula is C50H80N8O17. The molecule has 2 unspecified atom stereocenters. The van der Waals surface area contributed by atoms with Crippen molar-refractivity contribution in [3.05, 3.63) is 29.8 Å². The summed E-state index contributed by atoms with van der Waals surface area (Å²) >= 11 is 0. The number of nitrogens with one attached hydrogen (secondary N) is 5. The summed E-state index contributed by atoms with van der Waals surface area (Å²) in [7, 11) is 0. The number of fused-ring (bicyclic) bond motifs is 2. The van der Waals surface area contributed by atoms with Crippen molar-refractivity contribution < 1.29 is 84.3 Å². The maximum atomic E-state index is 14.4. The van der Waals surface area contributed by atoms with E-state index in [2.05, 4.69) is 47.4 Å². The summed E-state index contributed by atoms with van der Waals surface area (Å²) in [5, 5.41) is 110. The van der Waals surface area contributed by atoms with Gasteiger partial charge in [0.25, 0.3) is 0 Å². The second-order valence-corrected chi connectivity index (χ2v) is 20.6. The average Bonchev–Trinajstić information content (AvgIpc) is 3.95. The van der Waals surface area contributed by atoms with Crippen molar-refractivity contribution in [2.45, 2.75) is 203 Å². The third-order valence-electron chi connectivity index (χ3n) is 14.3. The van der Waals surface area contributed by atoms with Crippen LogP contribution in [0.4, 0.5) is 0 Å². The minimum atomic E-state index is -2.36. The number of amides is 8. The molecule has 0 aliphatic carbocycles. The van der Waals surface area contributed by atoms with Gasteiger partial charge in [-0.1, -0.05) is 77.8 Å². The van der Waals surface area contributed by atoms with Gasteiger partial charge in [0.15, 0.2) is 6.23 Å². The van der Waals surface area contributed by atoms with E-state index in [1.54, 1.807) is 0 Å². The summed E-state index contributed by atoms with van der Waals surface area (Å²) in [5.74, 6) is -8.48. The van der Waals surface area contributed by atoms with Gasteiger partial charge in [0.1, 0.15) is 60.3 Å². The maximum Gasteiger partial charge on any atom is 0.248 e. The van der Waals surface area contributed by atoms with E-state index < -0.39 is 171 Å². The van der Waals surface area contributed by atoms with Crippen LogP contribution in [0.3, 0.4) is 0 Å². The number of hydrogen-bond acceptors (Lipinski definition) is 17. The standard InChI is InChI=1S/C50H80N8O17/c1-5-25(2)18-26(3)12-10-8-6-7-9-11-13-38(66)52-32-21-36(64)47(72)56-46(71)34-20-31(62)24-58(34)50(75)40(35(63)22-37(51)65)54-48(73)41(43(68)42(67)28-14-16-29(60)17-15-28)55-45(70)33-19-30(61)23-57(33)49(74)39(27(4)59)53-44(32)69/h14-17,25-27,30-36,39-43,47,59-64,67-68,72H,5-13,18-24H2,1-4H3,(H2,51,65)(H,52,66)(H,53,69)(H,54,73)(H,55,70)(H,56,71)/t25?,26?,27-,30-,31-,32-,33+,34+,35-,36-,39+,40+,41+,42+,43+,47-/m1/s1. The van der Waals surface area contributed by atoms with Crippen LogP contribution >= 0.6 is 0 Å². The van der Waals surface area contributed by atoms with Gasteiger partial charge >= 0.3 is 0 Å². The number of aliphatic hydroxyl groups is 8. The van der Waals surface area contributed by atoms with Gasteiger partial charge in [-0.05, 0) is 49.3 Å². The fourth-order valence-electron chi connectivity index (χ4n) is 9.77. The molecule has 25 nitrogen and oxygen atoms in total. The molecule has 3 heterocycles. The first-order valence-corrected chi connectivity index (χ1v) is 26.0. The largest absolute Gasteiger partial charge is 0.508 e. The van der Waals surface area contributed by atoms with Crippen molar-refractivity contribution >= 4 is 47.3 Å². The molecule has 3 aliphatic heterocycles. The van der Waals surface area contributed by atoms with E-state index in [9.17, 15) is 84.3 Å². The van der Waals surface area contributed by atoms with Crippen LogP contribution in [0.15, 0.2) is 24.3 Å². The maximum absolute atomic E-state index is 14.4. The number of carbonyl (C=O) groups is 8. The van der Waals surface area contributed by atoms with E-state index in [1.165, 1.54) is 6.42 Å². The molecule has 25 heteroatoms. The van der Waals surface area contributed by atoms with Crippen LogP contribution in [0, 0.1) is 11.8 Å². The number of rotatable bonds is 20. The van der Waals surface area contributed by atoms with Gasteiger partial charge < -0.3 is 88.1 Å². The molecule has 0 radical (unpaired) electrons. The Morgan fingerprint density at radius 2 is 1.20 bits per heavy atom. The van der Waals surface area contributed by atoms with Crippen molar-refractivity contribution in [2.24, 2.45) is 17.6 Å². The van der Waals surface area contributed by atoms with Crippen LogP contribution in [0.25, 0.3) is 0 Å². The summed E-state index contributed by atoms with van der Waals surface area (Å²) in [6, 6.07) is -7.16. The number of carbonyl (C=O) groups excluding carboxylic acids is 8. The second-order valence-electron chi connectivity index (χ2n) is 20.6. The number of hydrogen-bond donors (Lipinski definition) is 15. The number of aromatic hydroxyl groups is 1. The van der Waals surface area contributed by atoms with Crippen molar-refractivity contribution in [2.75, 3.05) is 13.1 Å². The zero-order valence-corrected chi connectivity index (χ0v) is 43.1. The molecule has 422 valence electrons. The molecule has 3 fully saturated rings.